The maximum absolute atomic E-state index is 12.8. The number of nitrogens with one attached hydrogen (secondary N) is 2. The number of aromatic nitrogens is 1. The Hall–Kier alpha value is -2.55. The van der Waals surface area contributed by atoms with E-state index < -0.39 is 0 Å². The number of thiazole rings is 1. The summed E-state index contributed by atoms with van der Waals surface area (Å²) >= 11 is 3.07. The van der Waals surface area contributed by atoms with Crippen molar-refractivity contribution < 1.29 is 9.59 Å². The molecule has 0 atom stereocenters. The number of nitrogens with zero attached hydrogens (tertiary/aromatic N) is 2. The van der Waals surface area contributed by atoms with Crippen LogP contribution in [0.1, 0.15) is 28.2 Å². The highest BCUT2D eigenvalue weighted by Gasteiger charge is 2.24. The molecule has 2 aromatic heterocycles. The van der Waals surface area contributed by atoms with E-state index in [1.165, 1.54) is 11.3 Å². The lowest BCUT2D eigenvalue weighted by Gasteiger charge is -2.31. The van der Waals surface area contributed by atoms with E-state index in [1.807, 2.05) is 54.1 Å². The molecule has 4 rings (SSSR count). The van der Waals surface area contributed by atoms with Gasteiger partial charge in [0, 0.05) is 35.8 Å². The van der Waals surface area contributed by atoms with E-state index in [9.17, 15) is 9.59 Å². The van der Waals surface area contributed by atoms with E-state index in [0.29, 0.717) is 11.4 Å². The van der Waals surface area contributed by atoms with Gasteiger partial charge in [-0.15, -0.1) is 11.3 Å². The lowest BCUT2D eigenvalue weighted by Crippen LogP contribution is -2.46. The summed E-state index contributed by atoms with van der Waals surface area (Å²) in [6.45, 7) is 3.83. The van der Waals surface area contributed by atoms with Gasteiger partial charge in [0.15, 0.2) is 0 Å². The van der Waals surface area contributed by atoms with E-state index in [0.717, 1.165) is 47.9 Å². The minimum atomic E-state index is -0.0493. The molecule has 1 aromatic carbocycles. The van der Waals surface area contributed by atoms with Crippen LogP contribution in [0.15, 0.2) is 47.2 Å². The number of hydrogen-bond donors (Lipinski definition) is 2. The first-order valence-corrected chi connectivity index (χ1v) is 11.7. The second-order valence-electron chi connectivity index (χ2n) is 7.38. The van der Waals surface area contributed by atoms with Gasteiger partial charge in [-0.2, -0.15) is 11.3 Å². The molecule has 0 radical (unpaired) electrons. The van der Waals surface area contributed by atoms with Crippen molar-refractivity contribution in [3.63, 3.8) is 0 Å². The van der Waals surface area contributed by atoms with Crippen molar-refractivity contribution in [1.29, 1.82) is 0 Å². The summed E-state index contributed by atoms with van der Waals surface area (Å²) in [6, 6.07) is 11.6. The van der Waals surface area contributed by atoms with Crippen LogP contribution in [-0.4, -0.2) is 47.4 Å². The number of anilines is 1. The zero-order valence-corrected chi connectivity index (χ0v) is 18.4. The van der Waals surface area contributed by atoms with E-state index in [4.69, 9.17) is 0 Å². The average molecular weight is 441 g/mol. The van der Waals surface area contributed by atoms with Crippen molar-refractivity contribution in [2.45, 2.75) is 25.8 Å². The van der Waals surface area contributed by atoms with Gasteiger partial charge in [-0.3, -0.25) is 14.5 Å². The zero-order chi connectivity index (χ0) is 20.9. The monoisotopic (exact) mass is 440 g/mol. The molecule has 1 aliphatic rings. The molecule has 30 heavy (non-hydrogen) atoms. The number of hydrogen-bond acceptors (Lipinski definition) is 6. The summed E-state index contributed by atoms with van der Waals surface area (Å²) in [7, 11) is 0. The van der Waals surface area contributed by atoms with Gasteiger partial charge >= 0.3 is 0 Å². The minimum absolute atomic E-state index is 0.00932. The van der Waals surface area contributed by atoms with Crippen molar-refractivity contribution in [2.75, 3.05) is 25.0 Å². The average Bonchev–Trinajstić information content (AvgIpc) is 3.40. The van der Waals surface area contributed by atoms with Gasteiger partial charge < -0.3 is 10.6 Å². The fourth-order valence-electron chi connectivity index (χ4n) is 3.53. The molecular weight excluding hydrogens is 416 g/mol. The summed E-state index contributed by atoms with van der Waals surface area (Å²) in [5, 5.41) is 11.0. The quantitative estimate of drug-likeness (QED) is 0.607. The molecular formula is C22H24N4O2S2. The predicted octanol–water partition coefficient (Wildman–Crippen LogP) is 4.01. The van der Waals surface area contributed by atoms with Gasteiger partial charge in [-0.1, -0.05) is 18.2 Å². The zero-order valence-electron chi connectivity index (χ0n) is 16.8. The van der Waals surface area contributed by atoms with Crippen molar-refractivity contribution in [3.05, 3.63) is 57.7 Å². The molecule has 8 heteroatoms. The van der Waals surface area contributed by atoms with E-state index in [-0.39, 0.29) is 17.9 Å². The molecule has 2 N–H and O–H groups in total. The molecule has 1 aliphatic heterocycles. The van der Waals surface area contributed by atoms with Crippen molar-refractivity contribution in [1.82, 2.24) is 15.2 Å². The van der Waals surface area contributed by atoms with Gasteiger partial charge in [0.05, 0.1) is 12.2 Å². The van der Waals surface area contributed by atoms with Gasteiger partial charge in [-0.25, -0.2) is 4.98 Å². The molecule has 0 bridgehead atoms. The molecule has 3 heterocycles. The molecule has 1 fully saturated rings. The third-order valence-electron chi connectivity index (χ3n) is 5.12. The second-order valence-corrected chi connectivity index (χ2v) is 9.16. The fraction of sp³-hybridized carbons (Fsp3) is 0.318. The highest BCUT2D eigenvalue weighted by molar-refractivity contribution is 7.17. The topological polar surface area (TPSA) is 74.3 Å². The first-order chi connectivity index (χ1) is 14.6. The molecule has 156 valence electrons. The van der Waals surface area contributed by atoms with Crippen LogP contribution < -0.4 is 10.6 Å². The van der Waals surface area contributed by atoms with Crippen LogP contribution in [0.3, 0.4) is 0 Å². The Bertz CT molecular complexity index is 994. The Labute approximate surface area is 184 Å². The molecule has 0 spiro atoms. The van der Waals surface area contributed by atoms with Crippen LogP contribution in [0.25, 0.3) is 10.6 Å². The number of carbonyl (C=O) groups excluding carboxylic acids is 2. The Kier molecular flexibility index (Phi) is 6.56. The first-order valence-electron chi connectivity index (χ1n) is 9.96. The standard InChI is InChI=1S/C22H24N4O2S2/c1-15-20(30-22(23-15)16-9-12-29-14-16)21(28)25-18-7-10-26(11-8-18)13-19(27)24-17-5-3-2-4-6-17/h2-6,9,12,14,18H,7-8,10-11,13H2,1H3,(H,24,27)(H,25,28). The second kappa shape index (κ2) is 9.51. The number of benzene rings is 1. The Morgan fingerprint density at radius 3 is 2.63 bits per heavy atom. The van der Waals surface area contributed by atoms with E-state index >= 15 is 0 Å². The molecule has 0 saturated carbocycles. The molecule has 0 aliphatic carbocycles. The lowest BCUT2D eigenvalue weighted by molar-refractivity contribution is -0.117. The minimum Gasteiger partial charge on any atom is -0.348 e. The number of amides is 2. The largest absolute Gasteiger partial charge is 0.348 e. The summed E-state index contributed by atoms with van der Waals surface area (Å²) in [6.07, 6.45) is 1.67. The summed E-state index contributed by atoms with van der Waals surface area (Å²) in [5.41, 5.74) is 2.65. The van der Waals surface area contributed by atoms with E-state index in [1.54, 1.807) is 11.3 Å². The Balaban J connectivity index is 1.26. The number of carbonyl (C=O) groups is 2. The summed E-state index contributed by atoms with van der Waals surface area (Å²) in [5.74, 6) is -0.0586. The van der Waals surface area contributed by atoms with Gasteiger partial charge in [-0.05, 0) is 43.3 Å². The van der Waals surface area contributed by atoms with Crippen LogP contribution in [0.4, 0.5) is 5.69 Å². The number of thiophene rings is 1. The third kappa shape index (κ3) is 5.13. The van der Waals surface area contributed by atoms with Crippen molar-refractivity contribution >= 4 is 40.2 Å². The van der Waals surface area contributed by atoms with Crippen LogP contribution in [0.5, 0.6) is 0 Å². The number of aryl methyl sites for hydroxylation is 1. The highest BCUT2D eigenvalue weighted by Crippen LogP contribution is 2.29. The number of para-hydroxylation sites is 1. The highest BCUT2D eigenvalue weighted by atomic mass is 32.1. The van der Waals surface area contributed by atoms with Crippen LogP contribution in [0, 0.1) is 6.92 Å². The number of rotatable bonds is 6. The smallest absolute Gasteiger partial charge is 0.263 e. The Morgan fingerprint density at radius 2 is 1.93 bits per heavy atom. The molecule has 1 saturated heterocycles. The fourth-order valence-corrected chi connectivity index (χ4v) is 5.21. The van der Waals surface area contributed by atoms with Crippen molar-refractivity contribution in [3.8, 4) is 10.6 Å². The first kappa shape index (κ1) is 20.7. The lowest BCUT2D eigenvalue weighted by atomic mass is 10.0. The van der Waals surface area contributed by atoms with Crippen LogP contribution in [0.2, 0.25) is 0 Å². The van der Waals surface area contributed by atoms with Gasteiger partial charge in [0.25, 0.3) is 5.91 Å². The van der Waals surface area contributed by atoms with Crippen molar-refractivity contribution in [2.24, 2.45) is 0 Å². The predicted molar refractivity (Wildman–Crippen MR) is 122 cm³/mol. The third-order valence-corrected chi connectivity index (χ3v) is 7.01. The molecule has 3 aromatic rings. The van der Waals surface area contributed by atoms with Crippen LogP contribution >= 0.6 is 22.7 Å². The summed E-state index contributed by atoms with van der Waals surface area (Å²) < 4.78 is 0. The maximum Gasteiger partial charge on any atom is 0.263 e. The van der Waals surface area contributed by atoms with Gasteiger partial charge in [0.2, 0.25) is 5.91 Å². The summed E-state index contributed by atoms with van der Waals surface area (Å²) in [4.78, 5) is 32.4. The molecule has 0 unspecified atom stereocenters. The van der Waals surface area contributed by atoms with Crippen LogP contribution in [-0.2, 0) is 4.79 Å². The number of likely N-dealkylation sites (tertiary alicyclic amines) is 1. The normalized spacial score (nSPS) is 15.1. The van der Waals surface area contributed by atoms with Gasteiger partial charge in [0.1, 0.15) is 9.88 Å². The number of piperidine rings is 1. The molecule has 6 nitrogen and oxygen atoms in total. The molecule has 2 amide bonds. The Morgan fingerprint density at radius 1 is 1.17 bits per heavy atom. The SMILES string of the molecule is Cc1nc(-c2ccsc2)sc1C(=O)NC1CCN(CC(=O)Nc2ccccc2)CC1. The van der Waals surface area contributed by atoms with E-state index in [2.05, 4.69) is 20.5 Å². The maximum atomic E-state index is 12.8.